The molecule has 1 amide bonds. The average Bonchev–Trinajstić information content (AvgIpc) is 2.69. The molecule has 0 fully saturated rings. The first-order chi connectivity index (χ1) is 8.75. The van der Waals surface area contributed by atoms with Crippen LogP contribution in [0, 0.1) is 0 Å². The minimum Gasteiger partial charge on any atom is -0.324 e. The number of benzene rings is 2. The summed E-state index contributed by atoms with van der Waals surface area (Å²) in [5.74, 6) is -0.120. The third-order valence-corrected chi connectivity index (χ3v) is 3.29. The van der Waals surface area contributed by atoms with Crippen molar-refractivity contribution in [1.82, 2.24) is 0 Å². The van der Waals surface area contributed by atoms with Gasteiger partial charge in [-0.1, -0.05) is 48.5 Å². The summed E-state index contributed by atoms with van der Waals surface area (Å²) in [7, 11) is 0. The Labute approximate surface area is 106 Å². The van der Waals surface area contributed by atoms with Crippen molar-refractivity contribution in [3.63, 3.8) is 0 Å². The number of nitrogens with one attached hydrogen (secondary N) is 1. The fourth-order valence-corrected chi connectivity index (χ4v) is 2.34. The van der Waals surface area contributed by atoms with Gasteiger partial charge in [-0.25, -0.2) is 0 Å². The van der Waals surface area contributed by atoms with E-state index < -0.39 is 6.04 Å². The number of amides is 1. The quantitative estimate of drug-likeness (QED) is 0.843. The van der Waals surface area contributed by atoms with E-state index in [1.807, 2.05) is 36.4 Å². The van der Waals surface area contributed by atoms with Crippen LogP contribution in [0.3, 0.4) is 0 Å². The molecule has 1 aliphatic rings. The lowest BCUT2D eigenvalue weighted by Crippen LogP contribution is -2.19. The summed E-state index contributed by atoms with van der Waals surface area (Å²) >= 11 is 0. The normalized spacial score (nSPS) is 17.4. The number of hydrogen-bond acceptors (Lipinski definition) is 2. The molecule has 1 unspecified atom stereocenters. The fraction of sp³-hybridized carbons (Fsp3) is 0.133. The van der Waals surface area contributed by atoms with Crippen LogP contribution in [0.2, 0.25) is 0 Å². The number of fused-ring (bicyclic) bond motifs is 1. The number of anilines is 1. The van der Waals surface area contributed by atoms with Gasteiger partial charge in [0.2, 0.25) is 5.91 Å². The zero-order valence-electron chi connectivity index (χ0n) is 9.89. The van der Waals surface area contributed by atoms with Crippen LogP contribution in [0.1, 0.15) is 22.7 Å². The van der Waals surface area contributed by atoms with Crippen LogP contribution in [0.15, 0.2) is 48.5 Å². The summed E-state index contributed by atoms with van der Waals surface area (Å²) < 4.78 is 0. The molecule has 0 aromatic heterocycles. The van der Waals surface area contributed by atoms with Crippen molar-refractivity contribution in [3.05, 3.63) is 65.2 Å². The second-order valence-electron chi connectivity index (χ2n) is 4.51. The SMILES string of the molecule is NC1C(=O)Nc2c(Cc3ccccc3)cccc21. The topological polar surface area (TPSA) is 55.1 Å². The van der Waals surface area contributed by atoms with Crippen LogP contribution in [-0.4, -0.2) is 5.91 Å². The van der Waals surface area contributed by atoms with E-state index in [0.29, 0.717) is 0 Å². The fourth-order valence-electron chi connectivity index (χ4n) is 2.34. The molecular formula is C15H14N2O. The first kappa shape index (κ1) is 11.0. The van der Waals surface area contributed by atoms with E-state index in [0.717, 1.165) is 23.2 Å². The minimum absolute atomic E-state index is 0.120. The van der Waals surface area contributed by atoms with Crippen LogP contribution in [-0.2, 0) is 11.2 Å². The van der Waals surface area contributed by atoms with Gasteiger partial charge in [0.25, 0.3) is 0 Å². The Morgan fingerprint density at radius 1 is 1.06 bits per heavy atom. The van der Waals surface area contributed by atoms with Gasteiger partial charge in [0.05, 0.1) is 0 Å². The summed E-state index contributed by atoms with van der Waals surface area (Å²) in [6.07, 6.45) is 0.803. The maximum atomic E-state index is 11.6. The van der Waals surface area contributed by atoms with Crippen LogP contribution in [0.4, 0.5) is 5.69 Å². The lowest BCUT2D eigenvalue weighted by molar-refractivity contribution is -0.116. The van der Waals surface area contributed by atoms with Gasteiger partial charge in [0.1, 0.15) is 6.04 Å². The smallest absolute Gasteiger partial charge is 0.245 e. The molecule has 90 valence electrons. The van der Waals surface area contributed by atoms with E-state index in [4.69, 9.17) is 5.73 Å². The first-order valence-corrected chi connectivity index (χ1v) is 5.98. The number of carbonyl (C=O) groups excluding carboxylic acids is 1. The minimum atomic E-state index is -0.532. The summed E-state index contributed by atoms with van der Waals surface area (Å²) in [5, 5.41) is 2.87. The Morgan fingerprint density at radius 2 is 1.83 bits per heavy atom. The monoisotopic (exact) mass is 238 g/mol. The van der Waals surface area contributed by atoms with Crippen molar-refractivity contribution in [2.75, 3.05) is 5.32 Å². The zero-order valence-corrected chi connectivity index (χ0v) is 9.89. The van der Waals surface area contributed by atoms with Gasteiger partial charge < -0.3 is 11.1 Å². The molecule has 3 nitrogen and oxygen atoms in total. The highest BCUT2D eigenvalue weighted by Gasteiger charge is 2.28. The standard InChI is InChI=1S/C15H14N2O/c16-13-12-8-4-7-11(14(12)17-15(13)18)9-10-5-2-1-3-6-10/h1-8,13H,9,16H2,(H,17,18). The number of rotatable bonds is 2. The Kier molecular flexibility index (Phi) is 2.61. The maximum Gasteiger partial charge on any atom is 0.245 e. The molecule has 3 rings (SSSR count). The van der Waals surface area contributed by atoms with Gasteiger partial charge >= 0.3 is 0 Å². The molecule has 1 atom stereocenters. The molecule has 0 aliphatic carbocycles. The van der Waals surface area contributed by atoms with Gasteiger partial charge in [-0.2, -0.15) is 0 Å². The van der Waals surface area contributed by atoms with Crippen LogP contribution < -0.4 is 11.1 Å². The van der Waals surface area contributed by atoms with Gasteiger partial charge in [-0.15, -0.1) is 0 Å². The molecule has 0 saturated carbocycles. The van der Waals surface area contributed by atoms with Crippen molar-refractivity contribution in [2.45, 2.75) is 12.5 Å². The average molecular weight is 238 g/mol. The molecule has 1 aliphatic heterocycles. The molecule has 3 N–H and O–H groups in total. The van der Waals surface area contributed by atoms with E-state index in [1.165, 1.54) is 5.56 Å². The predicted octanol–water partition coefficient (Wildman–Crippen LogP) is 2.23. The number of hydrogen-bond donors (Lipinski definition) is 2. The van der Waals surface area contributed by atoms with E-state index in [-0.39, 0.29) is 5.91 Å². The zero-order chi connectivity index (χ0) is 12.5. The molecule has 18 heavy (non-hydrogen) atoms. The van der Waals surface area contributed by atoms with Crippen molar-refractivity contribution in [1.29, 1.82) is 0 Å². The van der Waals surface area contributed by atoms with Crippen LogP contribution in [0.25, 0.3) is 0 Å². The third-order valence-electron chi connectivity index (χ3n) is 3.29. The van der Waals surface area contributed by atoms with Crippen LogP contribution in [0.5, 0.6) is 0 Å². The first-order valence-electron chi connectivity index (χ1n) is 5.98. The van der Waals surface area contributed by atoms with Crippen molar-refractivity contribution in [3.8, 4) is 0 Å². The van der Waals surface area contributed by atoms with Gasteiger partial charge in [0.15, 0.2) is 0 Å². The molecular weight excluding hydrogens is 224 g/mol. The molecule has 0 bridgehead atoms. The van der Waals surface area contributed by atoms with Gasteiger partial charge in [-0.05, 0) is 17.5 Å². The van der Waals surface area contributed by atoms with Crippen LogP contribution >= 0.6 is 0 Å². The van der Waals surface area contributed by atoms with E-state index in [9.17, 15) is 4.79 Å². The molecule has 2 aromatic carbocycles. The van der Waals surface area contributed by atoms with Crippen molar-refractivity contribution in [2.24, 2.45) is 5.73 Å². The van der Waals surface area contributed by atoms with Crippen molar-refractivity contribution < 1.29 is 4.79 Å². The third kappa shape index (κ3) is 1.79. The highest BCUT2D eigenvalue weighted by molar-refractivity contribution is 6.03. The summed E-state index contributed by atoms with van der Waals surface area (Å²) in [6, 6.07) is 15.6. The van der Waals surface area contributed by atoms with E-state index in [1.54, 1.807) is 0 Å². The lowest BCUT2D eigenvalue weighted by Gasteiger charge is -2.08. The summed E-state index contributed by atoms with van der Waals surface area (Å²) in [6.45, 7) is 0. The summed E-state index contributed by atoms with van der Waals surface area (Å²) in [4.78, 5) is 11.6. The summed E-state index contributed by atoms with van der Waals surface area (Å²) in [5.41, 5.74) is 9.96. The molecule has 0 spiro atoms. The number of para-hydroxylation sites is 1. The van der Waals surface area contributed by atoms with E-state index >= 15 is 0 Å². The van der Waals surface area contributed by atoms with Crippen molar-refractivity contribution >= 4 is 11.6 Å². The molecule has 1 heterocycles. The lowest BCUT2D eigenvalue weighted by atomic mass is 9.99. The Morgan fingerprint density at radius 3 is 2.61 bits per heavy atom. The number of carbonyl (C=O) groups is 1. The van der Waals surface area contributed by atoms with Gasteiger partial charge in [0, 0.05) is 11.3 Å². The highest BCUT2D eigenvalue weighted by atomic mass is 16.2. The second kappa shape index (κ2) is 4.27. The van der Waals surface area contributed by atoms with E-state index in [2.05, 4.69) is 17.4 Å². The molecule has 3 heteroatoms. The number of nitrogens with two attached hydrogens (primary N) is 1. The Hall–Kier alpha value is -2.13. The Bertz CT molecular complexity index is 593. The molecule has 2 aromatic rings. The largest absolute Gasteiger partial charge is 0.324 e. The maximum absolute atomic E-state index is 11.6. The van der Waals surface area contributed by atoms with Gasteiger partial charge in [-0.3, -0.25) is 4.79 Å². The second-order valence-corrected chi connectivity index (χ2v) is 4.51. The highest BCUT2D eigenvalue weighted by Crippen LogP contribution is 2.33. The molecule has 0 radical (unpaired) electrons. The Balaban J connectivity index is 1.98. The predicted molar refractivity (Wildman–Crippen MR) is 71.2 cm³/mol. The molecule has 0 saturated heterocycles.